The molecule has 1 unspecified atom stereocenters. The van der Waals surface area contributed by atoms with E-state index in [4.69, 9.17) is 0 Å². The molecule has 0 aliphatic rings. The average molecular weight is 343 g/mol. The number of carbonyl (C=O) groups is 1. The van der Waals surface area contributed by atoms with E-state index in [1.165, 1.54) is 17.4 Å². The van der Waals surface area contributed by atoms with Gasteiger partial charge in [0, 0.05) is 7.05 Å². The first-order valence-electron chi connectivity index (χ1n) is 7.65. The van der Waals surface area contributed by atoms with Crippen LogP contribution in [0.25, 0.3) is 10.2 Å². The van der Waals surface area contributed by atoms with E-state index in [1.54, 1.807) is 18.0 Å². The Morgan fingerprint density at radius 1 is 1.25 bits per heavy atom. The molecule has 124 valence electrons. The molecule has 0 fully saturated rings. The van der Waals surface area contributed by atoms with Crippen LogP contribution in [-0.4, -0.2) is 24.5 Å². The number of hydrogen-bond acceptors (Lipinski definition) is 4. The van der Waals surface area contributed by atoms with E-state index in [2.05, 4.69) is 10.3 Å². The highest BCUT2D eigenvalue weighted by Gasteiger charge is 2.15. The van der Waals surface area contributed by atoms with Gasteiger partial charge in [0.2, 0.25) is 5.91 Å². The monoisotopic (exact) mass is 343 g/mol. The summed E-state index contributed by atoms with van der Waals surface area (Å²) in [6, 6.07) is 14.6. The molecule has 6 heteroatoms. The van der Waals surface area contributed by atoms with Gasteiger partial charge in [-0.25, -0.2) is 9.37 Å². The van der Waals surface area contributed by atoms with Gasteiger partial charge in [-0.3, -0.25) is 4.79 Å². The maximum Gasteiger partial charge on any atom is 0.240 e. The Labute approximate surface area is 143 Å². The van der Waals surface area contributed by atoms with Crippen molar-refractivity contribution in [3.63, 3.8) is 0 Å². The van der Waals surface area contributed by atoms with Crippen molar-refractivity contribution in [2.75, 3.05) is 18.5 Å². The van der Waals surface area contributed by atoms with Gasteiger partial charge in [-0.15, -0.1) is 0 Å². The number of aromatic nitrogens is 1. The molecule has 0 saturated heterocycles. The Morgan fingerprint density at radius 2 is 2.00 bits per heavy atom. The molecule has 0 spiro atoms. The van der Waals surface area contributed by atoms with Crippen LogP contribution in [0.4, 0.5) is 9.52 Å². The molecule has 2 aromatic carbocycles. The van der Waals surface area contributed by atoms with Crippen LogP contribution in [0.2, 0.25) is 0 Å². The van der Waals surface area contributed by atoms with E-state index in [-0.39, 0.29) is 24.3 Å². The van der Waals surface area contributed by atoms with Crippen molar-refractivity contribution in [1.29, 1.82) is 0 Å². The first-order valence-corrected chi connectivity index (χ1v) is 8.47. The lowest BCUT2D eigenvalue weighted by Crippen LogP contribution is -2.36. The lowest BCUT2D eigenvalue weighted by Gasteiger charge is -2.18. The van der Waals surface area contributed by atoms with Gasteiger partial charge in [0.25, 0.3) is 0 Å². The summed E-state index contributed by atoms with van der Waals surface area (Å²) in [7, 11) is 1.78. The molecule has 24 heavy (non-hydrogen) atoms. The number of para-hydroxylation sites is 1. The number of thiazole rings is 1. The number of hydrogen-bond donors (Lipinski definition) is 1. The fourth-order valence-electron chi connectivity index (χ4n) is 2.46. The van der Waals surface area contributed by atoms with E-state index in [0.717, 1.165) is 10.3 Å². The molecule has 0 aliphatic heterocycles. The summed E-state index contributed by atoms with van der Waals surface area (Å²) >= 11 is 1.37. The number of halogens is 1. The van der Waals surface area contributed by atoms with E-state index in [1.807, 2.05) is 43.3 Å². The minimum Gasteiger partial charge on any atom is -0.348 e. The van der Waals surface area contributed by atoms with Crippen molar-refractivity contribution in [3.05, 3.63) is 59.9 Å². The van der Waals surface area contributed by atoms with E-state index < -0.39 is 0 Å². The van der Waals surface area contributed by atoms with Crippen LogP contribution in [0, 0.1) is 5.82 Å². The second kappa shape index (κ2) is 6.97. The van der Waals surface area contributed by atoms with Gasteiger partial charge in [0.1, 0.15) is 11.3 Å². The molecule has 1 atom stereocenters. The highest BCUT2D eigenvalue weighted by Crippen LogP contribution is 2.29. The normalized spacial score (nSPS) is 12.1. The summed E-state index contributed by atoms with van der Waals surface area (Å²) in [6.45, 7) is 2.11. The number of nitrogens with one attached hydrogen (secondary N) is 1. The van der Waals surface area contributed by atoms with Gasteiger partial charge in [-0.1, -0.05) is 47.7 Å². The summed E-state index contributed by atoms with van der Waals surface area (Å²) in [5.41, 5.74) is 1.40. The Balaban J connectivity index is 1.66. The quantitative estimate of drug-likeness (QED) is 0.767. The van der Waals surface area contributed by atoms with Crippen LogP contribution in [0.1, 0.15) is 18.5 Å². The summed E-state index contributed by atoms with van der Waals surface area (Å²) < 4.78 is 14.5. The van der Waals surface area contributed by atoms with Gasteiger partial charge in [-0.2, -0.15) is 0 Å². The van der Waals surface area contributed by atoms with Crippen molar-refractivity contribution in [3.8, 4) is 0 Å². The second-order valence-corrected chi connectivity index (χ2v) is 6.65. The number of fused-ring (bicyclic) bond motifs is 1. The van der Waals surface area contributed by atoms with Crippen molar-refractivity contribution >= 4 is 32.6 Å². The summed E-state index contributed by atoms with van der Waals surface area (Å²) in [5, 5.41) is 3.59. The number of amides is 1. The molecule has 3 rings (SSSR count). The third-order valence-corrected chi connectivity index (χ3v) is 4.88. The Kier molecular flexibility index (Phi) is 4.76. The molecular weight excluding hydrogens is 325 g/mol. The van der Waals surface area contributed by atoms with Crippen molar-refractivity contribution in [1.82, 2.24) is 10.3 Å². The average Bonchev–Trinajstić information content (AvgIpc) is 3.01. The molecule has 0 radical (unpaired) electrons. The number of anilines is 1. The van der Waals surface area contributed by atoms with Crippen LogP contribution < -0.4 is 10.2 Å². The smallest absolute Gasteiger partial charge is 0.240 e. The molecule has 0 bridgehead atoms. The fourth-order valence-corrected chi connectivity index (χ4v) is 3.40. The Morgan fingerprint density at radius 3 is 2.71 bits per heavy atom. The molecule has 1 amide bonds. The maximum atomic E-state index is 13.7. The zero-order valence-electron chi connectivity index (χ0n) is 13.5. The van der Waals surface area contributed by atoms with Crippen molar-refractivity contribution < 1.29 is 9.18 Å². The lowest BCUT2D eigenvalue weighted by atomic mass is 10.1. The minimum absolute atomic E-state index is 0.0695. The summed E-state index contributed by atoms with van der Waals surface area (Å²) in [5.74, 6) is -0.445. The maximum absolute atomic E-state index is 13.7. The van der Waals surface area contributed by atoms with Crippen LogP contribution in [-0.2, 0) is 4.79 Å². The van der Waals surface area contributed by atoms with Crippen molar-refractivity contribution in [2.24, 2.45) is 0 Å². The van der Waals surface area contributed by atoms with Gasteiger partial charge in [0.05, 0.1) is 17.3 Å². The van der Waals surface area contributed by atoms with Crippen LogP contribution in [0.5, 0.6) is 0 Å². The Hall–Kier alpha value is -2.47. The summed E-state index contributed by atoms with van der Waals surface area (Å²) in [4.78, 5) is 18.3. The third kappa shape index (κ3) is 3.54. The number of benzene rings is 2. The van der Waals surface area contributed by atoms with Crippen LogP contribution in [0.15, 0.2) is 48.5 Å². The number of likely N-dealkylation sites (N-methyl/N-ethyl adjacent to an activating group) is 1. The molecule has 0 aliphatic carbocycles. The first-order chi connectivity index (χ1) is 11.5. The highest BCUT2D eigenvalue weighted by molar-refractivity contribution is 7.22. The van der Waals surface area contributed by atoms with Crippen LogP contribution in [0.3, 0.4) is 0 Å². The number of rotatable bonds is 5. The van der Waals surface area contributed by atoms with Gasteiger partial charge >= 0.3 is 0 Å². The largest absolute Gasteiger partial charge is 0.348 e. The number of carbonyl (C=O) groups excluding carboxylic acids is 1. The Bertz CT molecular complexity index is 850. The first kappa shape index (κ1) is 16.4. The zero-order chi connectivity index (χ0) is 17.1. The molecule has 0 saturated carbocycles. The van der Waals surface area contributed by atoms with Gasteiger partial charge in [0.15, 0.2) is 5.13 Å². The fraction of sp³-hybridized carbons (Fsp3) is 0.222. The minimum atomic E-state index is -0.342. The molecular formula is C18H18FN3OS. The lowest BCUT2D eigenvalue weighted by molar-refractivity contribution is -0.120. The SMILES string of the molecule is CC(NC(=O)CN(C)c1nc2c(F)cccc2s1)c1ccccc1. The molecule has 1 N–H and O–H groups in total. The predicted octanol–water partition coefficient (Wildman–Crippen LogP) is 3.75. The van der Waals surface area contributed by atoms with E-state index >= 15 is 0 Å². The van der Waals surface area contributed by atoms with Crippen molar-refractivity contribution in [2.45, 2.75) is 13.0 Å². The van der Waals surface area contributed by atoms with E-state index in [0.29, 0.717) is 10.6 Å². The number of nitrogens with zero attached hydrogens (tertiary/aromatic N) is 2. The topological polar surface area (TPSA) is 45.2 Å². The zero-order valence-corrected chi connectivity index (χ0v) is 14.3. The third-order valence-electron chi connectivity index (χ3n) is 3.74. The molecule has 3 aromatic rings. The van der Waals surface area contributed by atoms with E-state index in [9.17, 15) is 9.18 Å². The standard InChI is InChI=1S/C18H18FN3OS/c1-12(13-7-4-3-5-8-13)20-16(23)11-22(2)18-21-17-14(19)9-6-10-15(17)24-18/h3-10,12H,11H2,1-2H3,(H,20,23). The predicted molar refractivity (Wildman–Crippen MR) is 95.8 cm³/mol. The second-order valence-electron chi connectivity index (χ2n) is 5.64. The molecule has 1 aromatic heterocycles. The van der Waals surface area contributed by atoms with Crippen LogP contribution >= 0.6 is 11.3 Å². The summed E-state index contributed by atoms with van der Waals surface area (Å²) in [6.07, 6.45) is 0. The highest BCUT2D eigenvalue weighted by atomic mass is 32.1. The van der Waals surface area contributed by atoms with Gasteiger partial charge in [-0.05, 0) is 24.6 Å². The molecule has 4 nitrogen and oxygen atoms in total. The molecule has 1 heterocycles. The van der Waals surface area contributed by atoms with Gasteiger partial charge < -0.3 is 10.2 Å².